The van der Waals surface area contributed by atoms with Gasteiger partial charge in [-0.3, -0.25) is 5.10 Å². The van der Waals surface area contributed by atoms with Crippen molar-refractivity contribution in [1.29, 1.82) is 0 Å². The minimum absolute atomic E-state index is 0.0127. The van der Waals surface area contributed by atoms with E-state index in [2.05, 4.69) is 41.0 Å². The minimum atomic E-state index is -2.74. The lowest BCUT2D eigenvalue weighted by molar-refractivity contribution is -0.170. The molecule has 12 heteroatoms. The number of fused-ring (bicyclic) bond motifs is 2. The topological polar surface area (TPSA) is 120 Å². The number of ether oxygens (including phenoxy) is 1. The molecule has 3 fully saturated rings. The molecule has 10 nitrogen and oxygen atoms in total. The lowest BCUT2D eigenvalue weighted by atomic mass is 9.89. The number of carbonyl (C=O) groups excluding carboxylic acids is 1. The molecule has 0 saturated heterocycles. The molecule has 2 aliphatic heterocycles. The van der Waals surface area contributed by atoms with E-state index >= 15 is 0 Å². The number of aromatic amines is 1. The molecule has 2 aromatic rings. The van der Waals surface area contributed by atoms with Gasteiger partial charge in [-0.2, -0.15) is 18.9 Å². The standard InChI is InChI=1S/C26H36F2N8O2/c27-24(28)38-20-9-4-17(5-10-20)31-26(37)36-18-7-2-16(3-8-18)30-25-29-12-11-22(33-25)32-23-14-21(34-35-23)15-1-6-19(36)13-15/h11-12,14-20,24H,1-10,13H2,(H,31,37)(H3,29,30,32,33,34,35). The summed E-state index contributed by atoms with van der Waals surface area (Å²) < 4.78 is 29.9. The molecule has 206 valence electrons. The molecule has 4 N–H and O–H groups in total. The quantitative estimate of drug-likeness (QED) is 0.447. The average molecular weight is 531 g/mol. The first-order valence-electron chi connectivity index (χ1n) is 13.9. The van der Waals surface area contributed by atoms with Crippen LogP contribution in [0.1, 0.15) is 82.2 Å². The molecule has 2 amide bonds. The molecule has 0 radical (unpaired) electrons. The molecule has 0 aromatic carbocycles. The van der Waals surface area contributed by atoms with Crippen LogP contribution >= 0.6 is 0 Å². The number of halogens is 2. The summed E-state index contributed by atoms with van der Waals surface area (Å²) in [6.45, 7) is -2.74. The normalized spacial score (nSPS) is 31.1. The number of anilines is 3. The number of hydrogen-bond donors (Lipinski definition) is 4. The highest BCUT2D eigenvalue weighted by Crippen LogP contribution is 2.40. The Kier molecular flexibility index (Phi) is 7.31. The number of urea groups is 1. The summed E-state index contributed by atoms with van der Waals surface area (Å²) in [5, 5.41) is 17.6. The Morgan fingerprint density at radius 3 is 2.61 bits per heavy atom. The van der Waals surface area contributed by atoms with E-state index in [1.165, 1.54) is 0 Å². The van der Waals surface area contributed by atoms with Crippen LogP contribution in [0.3, 0.4) is 0 Å². The van der Waals surface area contributed by atoms with Crippen LogP contribution in [0, 0.1) is 0 Å². The van der Waals surface area contributed by atoms with Crippen LogP contribution in [0.4, 0.5) is 31.2 Å². The summed E-state index contributed by atoms with van der Waals surface area (Å²) in [6.07, 6.45) is 10.2. The summed E-state index contributed by atoms with van der Waals surface area (Å²) in [6, 6.07) is 4.39. The zero-order valence-electron chi connectivity index (χ0n) is 21.4. The maximum atomic E-state index is 13.8. The maximum Gasteiger partial charge on any atom is 0.345 e. The number of amides is 2. The van der Waals surface area contributed by atoms with Crippen molar-refractivity contribution >= 4 is 23.6 Å². The molecule has 0 spiro atoms. The molecular formula is C26H36F2N8O2. The van der Waals surface area contributed by atoms with Gasteiger partial charge in [0.1, 0.15) is 5.82 Å². The van der Waals surface area contributed by atoms with Gasteiger partial charge in [-0.25, -0.2) is 9.78 Å². The van der Waals surface area contributed by atoms with E-state index in [0.29, 0.717) is 49.2 Å². The SMILES string of the molecule is O=C(NC1CCC(OC(F)F)CC1)N1C2CCC(CC2)Nc2nccc(n2)Nc2cc([nH]n2)C2CCC1C2. The summed E-state index contributed by atoms with van der Waals surface area (Å²) in [4.78, 5) is 24.9. The molecule has 7 rings (SSSR count). The lowest BCUT2D eigenvalue weighted by Crippen LogP contribution is -2.55. The number of alkyl halides is 2. The zero-order valence-corrected chi connectivity index (χ0v) is 21.4. The Balaban J connectivity index is 1.19. The van der Waals surface area contributed by atoms with Crippen molar-refractivity contribution in [3.05, 3.63) is 24.0 Å². The van der Waals surface area contributed by atoms with Gasteiger partial charge in [0.05, 0.1) is 6.10 Å². The average Bonchev–Trinajstić information content (AvgIpc) is 3.56. The van der Waals surface area contributed by atoms with Gasteiger partial charge in [-0.1, -0.05) is 0 Å². The molecule has 3 saturated carbocycles. The van der Waals surface area contributed by atoms with Crippen molar-refractivity contribution in [2.24, 2.45) is 0 Å². The van der Waals surface area contributed by atoms with Crippen molar-refractivity contribution in [2.45, 2.75) is 113 Å². The maximum absolute atomic E-state index is 13.8. The van der Waals surface area contributed by atoms with Gasteiger partial charge in [0, 0.05) is 48.0 Å². The summed E-state index contributed by atoms with van der Waals surface area (Å²) >= 11 is 0. The molecule has 2 aromatic heterocycles. The molecule has 2 atom stereocenters. The predicted octanol–water partition coefficient (Wildman–Crippen LogP) is 4.88. The second-order valence-electron chi connectivity index (χ2n) is 11.1. The van der Waals surface area contributed by atoms with Gasteiger partial charge in [0.2, 0.25) is 5.95 Å². The number of carbonyl (C=O) groups is 1. The van der Waals surface area contributed by atoms with Gasteiger partial charge < -0.3 is 25.6 Å². The van der Waals surface area contributed by atoms with E-state index in [4.69, 9.17) is 4.74 Å². The first-order chi connectivity index (χ1) is 18.5. The third-order valence-electron chi connectivity index (χ3n) is 8.70. The van der Waals surface area contributed by atoms with Crippen LogP contribution in [-0.2, 0) is 4.74 Å². The second-order valence-corrected chi connectivity index (χ2v) is 11.1. The Morgan fingerprint density at radius 2 is 1.82 bits per heavy atom. The van der Waals surface area contributed by atoms with Gasteiger partial charge in [-0.15, -0.1) is 0 Å². The number of hydrogen-bond acceptors (Lipinski definition) is 7. The van der Waals surface area contributed by atoms with E-state index in [0.717, 1.165) is 50.6 Å². The first-order valence-corrected chi connectivity index (χ1v) is 13.9. The largest absolute Gasteiger partial charge is 0.351 e. The summed E-state index contributed by atoms with van der Waals surface area (Å²) in [5.74, 6) is 2.29. The fourth-order valence-corrected chi connectivity index (χ4v) is 6.78. The third kappa shape index (κ3) is 5.69. The van der Waals surface area contributed by atoms with E-state index in [1.54, 1.807) is 6.20 Å². The van der Waals surface area contributed by atoms with Gasteiger partial charge in [0.25, 0.3) is 0 Å². The molecule has 5 aliphatic rings. The smallest absolute Gasteiger partial charge is 0.345 e. The Morgan fingerprint density at radius 1 is 1.03 bits per heavy atom. The van der Waals surface area contributed by atoms with Crippen LogP contribution in [0.15, 0.2) is 18.3 Å². The Bertz CT molecular complexity index is 1100. The van der Waals surface area contributed by atoms with Crippen LogP contribution in [0.2, 0.25) is 0 Å². The monoisotopic (exact) mass is 530 g/mol. The van der Waals surface area contributed by atoms with E-state index in [1.807, 2.05) is 12.1 Å². The van der Waals surface area contributed by atoms with Crippen molar-refractivity contribution in [1.82, 2.24) is 30.4 Å². The molecule has 3 aliphatic carbocycles. The van der Waals surface area contributed by atoms with Crippen LogP contribution in [0.25, 0.3) is 0 Å². The summed E-state index contributed by atoms with van der Waals surface area (Å²) in [7, 11) is 0. The van der Waals surface area contributed by atoms with Crippen molar-refractivity contribution in [3.8, 4) is 0 Å². The zero-order chi connectivity index (χ0) is 26.1. The number of H-pyrrole nitrogens is 1. The number of nitrogens with one attached hydrogen (secondary N) is 4. The van der Waals surface area contributed by atoms with Gasteiger partial charge in [0.15, 0.2) is 5.82 Å². The number of nitrogens with zero attached hydrogens (tertiary/aromatic N) is 4. The highest BCUT2D eigenvalue weighted by Gasteiger charge is 2.39. The van der Waals surface area contributed by atoms with Crippen molar-refractivity contribution < 1.29 is 18.3 Å². The van der Waals surface area contributed by atoms with E-state index in [9.17, 15) is 13.6 Å². The van der Waals surface area contributed by atoms with Gasteiger partial charge >= 0.3 is 12.6 Å². The fraction of sp³-hybridized carbons (Fsp3) is 0.692. The fourth-order valence-electron chi connectivity index (χ4n) is 6.78. The predicted molar refractivity (Wildman–Crippen MR) is 137 cm³/mol. The molecular weight excluding hydrogens is 494 g/mol. The number of rotatable bonds is 3. The highest BCUT2D eigenvalue weighted by atomic mass is 19.3. The molecule has 38 heavy (non-hydrogen) atoms. The first kappa shape index (κ1) is 25.3. The lowest BCUT2D eigenvalue weighted by Gasteiger charge is -2.41. The Hall–Kier alpha value is -3.02. The van der Waals surface area contributed by atoms with Crippen LogP contribution in [0.5, 0.6) is 0 Å². The minimum Gasteiger partial charge on any atom is -0.351 e. The van der Waals surface area contributed by atoms with Gasteiger partial charge in [-0.05, 0) is 76.7 Å². The third-order valence-corrected chi connectivity index (χ3v) is 8.70. The second kappa shape index (κ2) is 11.0. The van der Waals surface area contributed by atoms with Crippen LogP contribution in [-0.4, -0.2) is 68.0 Å². The van der Waals surface area contributed by atoms with Crippen LogP contribution < -0.4 is 16.0 Å². The molecule has 8 bridgehead atoms. The van der Waals surface area contributed by atoms with E-state index in [-0.39, 0.29) is 30.2 Å². The molecule has 4 heterocycles. The molecule has 2 unspecified atom stereocenters. The van der Waals surface area contributed by atoms with E-state index < -0.39 is 12.7 Å². The summed E-state index contributed by atoms with van der Waals surface area (Å²) in [5.41, 5.74) is 1.07. The van der Waals surface area contributed by atoms with Crippen molar-refractivity contribution in [3.63, 3.8) is 0 Å². The Labute approximate surface area is 220 Å². The highest BCUT2D eigenvalue weighted by molar-refractivity contribution is 5.75. The number of aromatic nitrogens is 4. The van der Waals surface area contributed by atoms with Crippen molar-refractivity contribution in [2.75, 3.05) is 10.6 Å².